The van der Waals surface area contributed by atoms with Gasteiger partial charge in [-0.15, -0.1) is 6.58 Å². The highest BCUT2D eigenvalue weighted by Gasteiger charge is 2.01. The molecular weight excluding hydrogens is 176 g/mol. The van der Waals surface area contributed by atoms with Gasteiger partial charge in [-0.25, -0.2) is 0 Å². The smallest absolute Gasteiger partial charge is 0.0758 e. The zero-order chi connectivity index (χ0) is 10.4. The van der Waals surface area contributed by atoms with E-state index in [0.29, 0.717) is 13.0 Å². The molecule has 0 spiro atoms. The van der Waals surface area contributed by atoms with Crippen LogP contribution in [0.2, 0.25) is 0 Å². The Morgan fingerprint density at radius 1 is 1.50 bits per heavy atom. The van der Waals surface area contributed by atoms with Crippen LogP contribution in [0.4, 0.5) is 0 Å². The lowest BCUT2D eigenvalue weighted by molar-refractivity contribution is 0.184. The third-order valence-electron chi connectivity index (χ3n) is 2.02. The zero-order valence-corrected chi connectivity index (χ0v) is 8.44. The van der Waals surface area contributed by atoms with Gasteiger partial charge < -0.3 is 9.84 Å². The third-order valence-corrected chi connectivity index (χ3v) is 2.02. The van der Waals surface area contributed by atoms with Gasteiger partial charge in [-0.3, -0.25) is 0 Å². The highest BCUT2D eigenvalue weighted by molar-refractivity contribution is 5.24. The molecule has 2 heteroatoms. The van der Waals surface area contributed by atoms with E-state index >= 15 is 0 Å². The Hall–Kier alpha value is -1.12. The second-order valence-electron chi connectivity index (χ2n) is 3.26. The predicted molar refractivity (Wildman–Crippen MR) is 57.1 cm³/mol. The van der Waals surface area contributed by atoms with Gasteiger partial charge in [-0.1, -0.05) is 30.3 Å². The van der Waals surface area contributed by atoms with Gasteiger partial charge in [0.25, 0.3) is 0 Å². The van der Waals surface area contributed by atoms with Gasteiger partial charge in [0.1, 0.15) is 0 Å². The Balaban J connectivity index is 2.67. The monoisotopic (exact) mass is 192 g/mol. The maximum absolute atomic E-state index is 9.38. The van der Waals surface area contributed by atoms with Crippen molar-refractivity contribution in [2.45, 2.75) is 19.1 Å². The maximum Gasteiger partial charge on any atom is 0.0758 e. The second kappa shape index (κ2) is 5.58. The predicted octanol–water partition coefficient (Wildman–Crippen LogP) is 1.92. The summed E-state index contributed by atoms with van der Waals surface area (Å²) in [4.78, 5) is 0. The van der Waals surface area contributed by atoms with Crippen LogP contribution in [0.5, 0.6) is 0 Å². The van der Waals surface area contributed by atoms with E-state index in [9.17, 15) is 5.11 Å². The van der Waals surface area contributed by atoms with Crippen LogP contribution in [0.3, 0.4) is 0 Å². The first kappa shape index (κ1) is 11.0. The number of hydrogen-bond donors (Lipinski definition) is 1. The minimum Gasteiger partial charge on any atom is -0.389 e. The molecule has 76 valence electrons. The number of hydrogen-bond acceptors (Lipinski definition) is 2. The van der Waals surface area contributed by atoms with Crippen LogP contribution in [0.15, 0.2) is 36.9 Å². The molecule has 1 rings (SSSR count). The van der Waals surface area contributed by atoms with E-state index in [4.69, 9.17) is 4.74 Å². The van der Waals surface area contributed by atoms with E-state index in [1.54, 1.807) is 13.2 Å². The molecule has 0 saturated carbocycles. The first-order valence-electron chi connectivity index (χ1n) is 4.63. The van der Waals surface area contributed by atoms with Gasteiger partial charge in [-0.2, -0.15) is 0 Å². The van der Waals surface area contributed by atoms with Crippen LogP contribution in [0.25, 0.3) is 0 Å². The van der Waals surface area contributed by atoms with E-state index in [2.05, 4.69) is 6.58 Å². The van der Waals surface area contributed by atoms with Gasteiger partial charge in [-0.05, 0) is 11.1 Å². The molecule has 1 atom stereocenters. The molecule has 1 aromatic carbocycles. The molecule has 0 saturated heterocycles. The lowest BCUT2D eigenvalue weighted by Crippen LogP contribution is -2.06. The number of methoxy groups -OCH3 is 1. The molecule has 14 heavy (non-hydrogen) atoms. The Morgan fingerprint density at radius 2 is 2.21 bits per heavy atom. The van der Waals surface area contributed by atoms with E-state index < -0.39 is 6.10 Å². The first-order valence-corrected chi connectivity index (χ1v) is 4.63. The van der Waals surface area contributed by atoms with E-state index in [-0.39, 0.29) is 0 Å². The lowest BCUT2D eigenvalue weighted by Gasteiger charge is -2.07. The third kappa shape index (κ3) is 3.32. The lowest BCUT2D eigenvalue weighted by atomic mass is 10.1. The van der Waals surface area contributed by atoms with Gasteiger partial charge in [0.05, 0.1) is 12.7 Å². The molecule has 0 unspecified atom stereocenters. The van der Waals surface area contributed by atoms with Gasteiger partial charge in [0.15, 0.2) is 0 Å². The van der Waals surface area contributed by atoms with Crippen molar-refractivity contribution in [1.29, 1.82) is 0 Å². The van der Waals surface area contributed by atoms with Crippen molar-refractivity contribution in [2.24, 2.45) is 0 Å². The molecule has 1 aromatic rings. The van der Waals surface area contributed by atoms with Crippen molar-refractivity contribution in [1.82, 2.24) is 0 Å². The minimum absolute atomic E-state index is 0.465. The Bertz CT molecular complexity index is 294. The summed E-state index contributed by atoms with van der Waals surface area (Å²) in [5.41, 5.74) is 2.23. The summed E-state index contributed by atoms with van der Waals surface area (Å²) in [6, 6.07) is 8.01. The van der Waals surface area contributed by atoms with E-state index in [0.717, 1.165) is 11.1 Å². The van der Waals surface area contributed by atoms with E-state index in [1.807, 2.05) is 24.3 Å². The number of aliphatic hydroxyl groups excluding tert-OH is 1. The Kier molecular flexibility index (Phi) is 4.36. The highest BCUT2D eigenvalue weighted by Crippen LogP contribution is 2.09. The summed E-state index contributed by atoms with van der Waals surface area (Å²) >= 11 is 0. The summed E-state index contributed by atoms with van der Waals surface area (Å²) in [7, 11) is 1.67. The molecule has 0 radical (unpaired) electrons. The molecule has 2 nitrogen and oxygen atoms in total. The average Bonchev–Trinajstić information content (AvgIpc) is 2.19. The zero-order valence-electron chi connectivity index (χ0n) is 8.44. The summed E-state index contributed by atoms with van der Waals surface area (Å²) in [5, 5.41) is 9.38. The van der Waals surface area contributed by atoms with Crippen LogP contribution in [-0.2, 0) is 17.8 Å². The normalized spacial score (nSPS) is 12.4. The first-order chi connectivity index (χ1) is 6.76. The SMILES string of the molecule is C=C[C@@H](O)Cc1cccc(COC)c1. The molecule has 1 N–H and O–H groups in total. The number of benzene rings is 1. The van der Waals surface area contributed by atoms with Gasteiger partial charge in [0, 0.05) is 13.5 Å². The molecule has 0 aliphatic carbocycles. The van der Waals surface area contributed by atoms with Crippen LogP contribution in [-0.4, -0.2) is 18.3 Å². The molecule has 0 aliphatic heterocycles. The molecular formula is C12H16O2. The fourth-order valence-corrected chi connectivity index (χ4v) is 1.34. The molecule has 0 aromatic heterocycles. The van der Waals surface area contributed by atoms with Crippen molar-refractivity contribution in [3.63, 3.8) is 0 Å². The average molecular weight is 192 g/mol. The molecule has 0 bridgehead atoms. The molecule has 0 amide bonds. The number of aliphatic hydroxyl groups is 1. The van der Waals surface area contributed by atoms with Crippen molar-refractivity contribution in [3.05, 3.63) is 48.0 Å². The minimum atomic E-state index is -0.465. The molecule has 0 aliphatic rings. The number of ether oxygens (including phenoxy) is 1. The van der Waals surface area contributed by atoms with Crippen LogP contribution in [0, 0.1) is 0 Å². The fourth-order valence-electron chi connectivity index (χ4n) is 1.34. The Morgan fingerprint density at radius 3 is 2.86 bits per heavy atom. The van der Waals surface area contributed by atoms with Crippen molar-refractivity contribution in [2.75, 3.05) is 7.11 Å². The standard InChI is InChI=1S/C12H16O2/c1-3-12(13)8-10-5-4-6-11(7-10)9-14-2/h3-7,12-13H,1,8-9H2,2H3/t12-/m1/s1. The summed E-state index contributed by atoms with van der Waals surface area (Å²) in [6.07, 6.45) is 1.69. The van der Waals surface area contributed by atoms with Crippen LogP contribution >= 0.6 is 0 Å². The highest BCUT2D eigenvalue weighted by atomic mass is 16.5. The fraction of sp³-hybridized carbons (Fsp3) is 0.333. The number of rotatable bonds is 5. The van der Waals surface area contributed by atoms with Gasteiger partial charge in [0.2, 0.25) is 0 Å². The van der Waals surface area contributed by atoms with Crippen molar-refractivity contribution < 1.29 is 9.84 Å². The largest absolute Gasteiger partial charge is 0.389 e. The molecule has 0 heterocycles. The topological polar surface area (TPSA) is 29.5 Å². The van der Waals surface area contributed by atoms with Crippen molar-refractivity contribution in [3.8, 4) is 0 Å². The van der Waals surface area contributed by atoms with Crippen LogP contribution < -0.4 is 0 Å². The Labute approximate surface area is 84.8 Å². The quantitative estimate of drug-likeness (QED) is 0.722. The molecule has 0 fully saturated rings. The summed E-state index contributed by atoms with van der Waals surface area (Å²) < 4.78 is 5.03. The summed E-state index contributed by atoms with van der Waals surface area (Å²) in [6.45, 7) is 4.15. The van der Waals surface area contributed by atoms with Crippen LogP contribution in [0.1, 0.15) is 11.1 Å². The van der Waals surface area contributed by atoms with Gasteiger partial charge >= 0.3 is 0 Å². The summed E-state index contributed by atoms with van der Waals surface area (Å²) in [5.74, 6) is 0. The second-order valence-corrected chi connectivity index (χ2v) is 3.26. The van der Waals surface area contributed by atoms with E-state index in [1.165, 1.54) is 0 Å². The van der Waals surface area contributed by atoms with Crippen molar-refractivity contribution >= 4 is 0 Å². The maximum atomic E-state index is 9.38.